The van der Waals surface area contributed by atoms with Crippen molar-refractivity contribution in [2.24, 2.45) is 5.16 Å². The second-order valence-corrected chi connectivity index (χ2v) is 6.08. The summed E-state index contributed by atoms with van der Waals surface area (Å²) in [6, 6.07) is 6.86. The van der Waals surface area contributed by atoms with Crippen molar-refractivity contribution < 1.29 is 19.9 Å². The fourth-order valence-electron chi connectivity index (χ4n) is 2.51. The van der Waals surface area contributed by atoms with E-state index in [1.54, 1.807) is 24.3 Å². The highest BCUT2D eigenvalue weighted by molar-refractivity contribution is 6.01. The Morgan fingerprint density at radius 2 is 1.60 bits per heavy atom. The van der Waals surface area contributed by atoms with Crippen LogP contribution in [0.4, 0.5) is 5.69 Å². The smallest absolute Gasteiger partial charge is 0.303 e. The van der Waals surface area contributed by atoms with Gasteiger partial charge in [-0.05, 0) is 24.1 Å². The number of nitrogens with one attached hydrogen (secondary N) is 1. The molecule has 3 N–H and O–H groups in total. The third kappa shape index (κ3) is 8.88. The number of hydrogen-bond donors (Lipinski definition) is 3. The molecular weight excluding hydrogens is 320 g/mol. The van der Waals surface area contributed by atoms with Gasteiger partial charge in [-0.1, -0.05) is 56.3 Å². The van der Waals surface area contributed by atoms with Crippen LogP contribution < -0.4 is 5.32 Å². The molecule has 0 saturated heterocycles. The summed E-state index contributed by atoms with van der Waals surface area (Å²) in [6.07, 6.45) is 7.41. The van der Waals surface area contributed by atoms with Crippen molar-refractivity contribution in [3.05, 3.63) is 29.8 Å². The second-order valence-electron chi connectivity index (χ2n) is 6.08. The molecule has 0 aliphatic carbocycles. The zero-order valence-corrected chi connectivity index (χ0v) is 14.8. The first-order valence-corrected chi connectivity index (χ1v) is 8.89. The van der Waals surface area contributed by atoms with Crippen molar-refractivity contribution in [3.63, 3.8) is 0 Å². The average Bonchev–Trinajstić information content (AvgIpc) is 2.59. The first-order chi connectivity index (χ1) is 12.1. The molecule has 0 saturated carbocycles. The number of aliphatic carboxylic acids is 1. The predicted octanol–water partition coefficient (Wildman–Crippen LogP) is 4.42. The van der Waals surface area contributed by atoms with E-state index in [4.69, 9.17) is 10.3 Å². The summed E-state index contributed by atoms with van der Waals surface area (Å²) in [5, 5.41) is 23.7. The minimum atomic E-state index is -0.945. The monoisotopic (exact) mass is 348 g/mol. The highest BCUT2D eigenvalue weighted by Gasteiger charge is 2.08. The van der Waals surface area contributed by atoms with E-state index in [0.29, 0.717) is 23.4 Å². The number of unbranched alkanes of at least 4 members (excludes halogenated alkanes) is 5. The van der Waals surface area contributed by atoms with Gasteiger partial charge < -0.3 is 15.6 Å². The highest BCUT2D eigenvalue weighted by Crippen LogP contribution is 2.14. The van der Waals surface area contributed by atoms with Gasteiger partial charge in [0.2, 0.25) is 5.91 Å². The maximum atomic E-state index is 11.9. The summed E-state index contributed by atoms with van der Waals surface area (Å²) in [6.45, 7) is 2.18. The van der Waals surface area contributed by atoms with E-state index in [-0.39, 0.29) is 18.7 Å². The molecule has 0 spiro atoms. The molecule has 0 aliphatic rings. The number of amides is 1. The van der Waals surface area contributed by atoms with E-state index >= 15 is 0 Å². The fraction of sp³-hybridized carbons (Fsp3) is 0.526. The van der Waals surface area contributed by atoms with Crippen LogP contribution in [0.1, 0.15) is 70.3 Å². The number of hydrogen-bond acceptors (Lipinski definition) is 4. The van der Waals surface area contributed by atoms with Gasteiger partial charge in [0.25, 0.3) is 0 Å². The van der Waals surface area contributed by atoms with Gasteiger partial charge in [-0.2, -0.15) is 0 Å². The van der Waals surface area contributed by atoms with Crippen LogP contribution >= 0.6 is 0 Å². The summed E-state index contributed by atoms with van der Waals surface area (Å²) in [5.74, 6) is -0.954. The Morgan fingerprint density at radius 3 is 2.20 bits per heavy atom. The highest BCUT2D eigenvalue weighted by atomic mass is 16.4. The Bertz CT molecular complexity index is 567. The van der Waals surface area contributed by atoms with Crippen LogP contribution in [0.3, 0.4) is 0 Å². The number of rotatable bonds is 12. The SMILES string of the molecule is CCCCCCCCC(=O)Nc1ccc(C(CCC(=O)O)=NO)cc1. The lowest BCUT2D eigenvalue weighted by molar-refractivity contribution is -0.136. The summed E-state index contributed by atoms with van der Waals surface area (Å²) in [4.78, 5) is 22.5. The first kappa shape index (κ1) is 20.7. The van der Waals surface area contributed by atoms with Crippen molar-refractivity contribution >= 4 is 23.3 Å². The standard InChI is InChI=1S/C19H28N2O4/c1-2-3-4-5-6-7-8-18(22)20-16-11-9-15(10-12-16)17(21-25)13-14-19(23)24/h9-12,25H,2-8,13-14H2,1H3,(H,20,22)(H,23,24). The topological polar surface area (TPSA) is 99.0 Å². The van der Waals surface area contributed by atoms with Crippen LogP contribution in [0.15, 0.2) is 29.4 Å². The molecule has 1 aromatic carbocycles. The molecule has 0 atom stereocenters. The van der Waals surface area contributed by atoms with E-state index in [1.165, 1.54) is 25.7 Å². The first-order valence-electron chi connectivity index (χ1n) is 8.89. The fourth-order valence-corrected chi connectivity index (χ4v) is 2.51. The molecule has 0 unspecified atom stereocenters. The maximum Gasteiger partial charge on any atom is 0.303 e. The lowest BCUT2D eigenvalue weighted by atomic mass is 10.1. The minimum Gasteiger partial charge on any atom is -0.481 e. The van der Waals surface area contributed by atoms with Crippen LogP contribution in [0.2, 0.25) is 0 Å². The number of carboxylic acid groups (broad SMARTS) is 1. The molecule has 1 aromatic rings. The maximum absolute atomic E-state index is 11.9. The second kappa shape index (κ2) is 12.1. The third-order valence-electron chi connectivity index (χ3n) is 3.96. The number of anilines is 1. The molecule has 138 valence electrons. The molecule has 6 heteroatoms. The largest absolute Gasteiger partial charge is 0.481 e. The molecule has 6 nitrogen and oxygen atoms in total. The van der Waals surface area contributed by atoms with Crippen LogP contribution in [0.25, 0.3) is 0 Å². The Kier molecular flexibility index (Phi) is 9.97. The molecular formula is C19H28N2O4. The summed E-state index contributed by atoms with van der Waals surface area (Å²) in [5.41, 5.74) is 1.63. The van der Waals surface area contributed by atoms with Gasteiger partial charge in [-0.3, -0.25) is 9.59 Å². The van der Waals surface area contributed by atoms with Crippen molar-refractivity contribution in [3.8, 4) is 0 Å². The number of carbonyl (C=O) groups excluding carboxylic acids is 1. The minimum absolute atomic E-state index is 0.00910. The van der Waals surface area contributed by atoms with Crippen molar-refractivity contribution in [2.75, 3.05) is 5.32 Å². The molecule has 0 aliphatic heterocycles. The number of nitrogens with zero attached hydrogens (tertiary/aromatic N) is 1. The van der Waals surface area contributed by atoms with Gasteiger partial charge in [0.15, 0.2) is 0 Å². The quantitative estimate of drug-likeness (QED) is 0.225. The summed E-state index contributed by atoms with van der Waals surface area (Å²) < 4.78 is 0. The molecule has 1 rings (SSSR count). The lowest BCUT2D eigenvalue weighted by Crippen LogP contribution is -2.11. The average molecular weight is 348 g/mol. The zero-order valence-electron chi connectivity index (χ0n) is 14.8. The Hall–Kier alpha value is -2.37. The number of benzene rings is 1. The molecule has 25 heavy (non-hydrogen) atoms. The van der Waals surface area contributed by atoms with Crippen LogP contribution in [0.5, 0.6) is 0 Å². The Morgan fingerprint density at radius 1 is 0.960 bits per heavy atom. The van der Waals surface area contributed by atoms with Gasteiger partial charge in [-0.25, -0.2) is 0 Å². The third-order valence-corrected chi connectivity index (χ3v) is 3.96. The van der Waals surface area contributed by atoms with Crippen molar-refractivity contribution in [2.45, 2.75) is 64.7 Å². The van der Waals surface area contributed by atoms with E-state index in [2.05, 4.69) is 17.4 Å². The van der Waals surface area contributed by atoms with E-state index < -0.39 is 5.97 Å². The number of carbonyl (C=O) groups is 2. The van der Waals surface area contributed by atoms with Crippen LogP contribution in [-0.2, 0) is 9.59 Å². The number of carboxylic acids is 1. The Labute approximate surface area is 148 Å². The molecule has 0 aromatic heterocycles. The molecule has 0 heterocycles. The van der Waals surface area contributed by atoms with Crippen molar-refractivity contribution in [1.82, 2.24) is 0 Å². The van der Waals surface area contributed by atoms with Crippen molar-refractivity contribution in [1.29, 1.82) is 0 Å². The predicted molar refractivity (Wildman–Crippen MR) is 98.3 cm³/mol. The van der Waals surface area contributed by atoms with Crippen LogP contribution in [-0.4, -0.2) is 27.9 Å². The van der Waals surface area contributed by atoms with Gasteiger partial charge >= 0.3 is 5.97 Å². The Balaban J connectivity index is 2.40. The normalized spacial score (nSPS) is 11.3. The van der Waals surface area contributed by atoms with Gasteiger partial charge in [-0.15, -0.1) is 0 Å². The summed E-state index contributed by atoms with van der Waals surface area (Å²) >= 11 is 0. The van der Waals surface area contributed by atoms with Gasteiger partial charge in [0.05, 0.1) is 12.1 Å². The molecule has 0 fully saturated rings. The summed E-state index contributed by atoms with van der Waals surface area (Å²) in [7, 11) is 0. The van der Waals surface area contributed by atoms with E-state index in [1.807, 2.05) is 0 Å². The van der Waals surface area contributed by atoms with E-state index in [0.717, 1.165) is 12.8 Å². The van der Waals surface area contributed by atoms with Crippen LogP contribution in [0, 0.1) is 0 Å². The van der Waals surface area contributed by atoms with Gasteiger partial charge in [0, 0.05) is 18.5 Å². The number of oxime groups is 1. The molecule has 1 amide bonds. The lowest BCUT2D eigenvalue weighted by Gasteiger charge is -2.07. The van der Waals surface area contributed by atoms with E-state index in [9.17, 15) is 9.59 Å². The zero-order chi connectivity index (χ0) is 18.5. The molecule has 0 bridgehead atoms. The van der Waals surface area contributed by atoms with Gasteiger partial charge in [0.1, 0.15) is 0 Å². The molecule has 0 radical (unpaired) electrons.